The van der Waals surface area contributed by atoms with Crippen LogP contribution in [0.2, 0.25) is 0 Å². The van der Waals surface area contributed by atoms with Gasteiger partial charge in [0.1, 0.15) is 10.6 Å². The summed E-state index contributed by atoms with van der Waals surface area (Å²) in [6.07, 6.45) is 0. The van der Waals surface area contributed by atoms with E-state index in [9.17, 15) is 18.3 Å². The van der Waals surface area contributed by atoms with E-state index < -0.39 is 21.6 Å². The van der Waals surface area contributed by atoms with Crippen molar-refractivity contribution in [3.05, 3.63) is 28.9 Å². The number of nitrogens with one attached hydrogen (secondary N) is 1. The first-order chi connectivity index (χ1) is 14.5. The van der Waals surface area contributed by atoms with Crippen LogP contribution in [0.1, 0.15) is 36.3 Å². The van der Waals surface area contributed by atoms with Crippen molar-refractivity contribution in [2.24, 2.45) is 0 Å². The van der Waals surface area contributed by atoms with Crippen molar-refractivity contribution in [1.82, 2.24) is 19.3 Å². The number of esters is 1. The van der Waals surface area contributed by atoms with Crippen LogP contribution in [0.15, 0.2) is 23.1 Å². The monoisotopic (exact) mass is 468 g/mol. The molecular weight excluding hydrogens is 444 g/mol. The molecule has 0 bridgehead atoms. The molecule has 10 nitrogen and oxygen atoms in total. The normalized spacial score (nSPS) is 12.3. The van der Waals surface area contributed by atoms with Gasteiger partial charge in [-0.15, -0.1) is 5.10 Å². The number of benzene rings is 1. The molecule has 0 aliphatic heterocycles. The molecule has 3 rings (SSSR count). The summed E-state index contributed by atoms with van der Waals surface area (Å²) in [5.41, 5.74) is 0.460. The zero-order chi connectivity index (χ0) is 23.0. The predicted octanol–water partition coefficient (Wildman–Crippen LogP) is 2.00. The van der Waals surface area contributed by atoms with Crippen LogP contribution < -0.4 is 9.46 Å². The summed E-state index contributed by atoms with van der Waals surface area (Å²) in [5.74, 6) is -0.397. The lowest BCUT2D eigenvalue weighted by Gasteiger charge is -2.19. The number of ether oxygens (including phenoxy) is 2. The molecule has 0 amide bonds. The molecule has 0 aliphatic rings. The summed E-state index contributed by atoms with van der Waals surface area (Å²) in [6.45, 7) is 6.53. The number of sulfonamides is 1. The maximum Gasteiger partial charge on any atom is 0.369 e. The standard InChI is InChI=1S/C19H24N4O6S2/c1-6-29-17(24)16-22-23-15(11(2)21-18(23)30-16)12-7-8-13(28-5)14(9-12)31(26,27)20-10-19(3,4)25/h7-9,20,25H,6,10H2,1-5H3. The second-order valence-corrected chi connectivity index (χ2v) is 10.1. The van der Waals surface area contributed by atoms with E-state index in [0.717, 1.165) is 11.3 Å². The van der Waals surface area contributed by atoms with Crippen LogP contribution in [-0.2, 0) is 14.8 Å². The first-order valence-electron chi connectivity index (χ1n) is 9.40. The molecule has 0 spiro atoms. The maximum atomic E-state index is 12.9. The Morgan fingerprint density at radius 2 is 2.06 bits per heavy atom. The number of hydrogen-bond donors (Lipinski definition) is 2. The Morgan fingerprint density at radius 3 is 2.68 bits per heavy atom. The maximum absolute atomic E-state index is 12.9. The molecule has 31 heavy (non-hydrogen) atoms. The van der Waals surface area contributed by atoms with Crippen LogP contribution in [0.25, 0.3) is 16.2 Å². The van der Waals surface area contributed by atoms with E-state index in [0.29, 0.717) is 21.9 Å². The van der Waals surface area contributed by atoms with E-state index >= 15 is 0 Å². The fourth-order valence-electron chi connectivity index (χ4n) is 2.84. The molecule has 0 unspecified atom stereocenters. The molecule has 2 aromatic heterocycles. The Labute approximate surface area is 183 Å². The fraction of sp³-hybridized carbons (Fsp3) is 0.421. The van der Waals surface area contributed by atoms with Crippen molar-refractivity contribution in [3.8, 4) is 17.0 Å². The number of aromatic nitrogens is 3. The predicted molar refractivity (Wildman–Crippen MR) is 115 cm³/mol. The van der Waals surface area contributed by atoms with Gasteiger partial charge in [0.2, 0.25) is 20.0 Å². The summed E-state index contributed by atoms with van der Waals surface area (Å²) in [5, 5.41) is 14.3. The molecule has 3 aromatic rings. The Kier molecular flexibility index (Phi) is 6.37. The summed E-state index contributed by atoms with van der Waals surface area (Å²) in [4.78, 5) is 16.9. The molecule has 1 aromatic carbocycles. The van der Waals surface area contributed by atoms with Crippen LogP contribution >= 0.6 is 11.3 Å². The third-order valence-electron chi connectivity index (χ3n) is 4.25. The highest BCUT2D eigenvalue weighted by Crippen LogP contribution is 2.33. The average molecular weight is 469 g/mol. The van der Waals surface area contributed by atoms with Gasteiger partial charge >= 0.3 is 5.97 Å². The lowest BCUT2D eigenvalue weighted by atomic mass is 10.1. The van der Waals surface area contributed by atoms with Crippen molar-refractivity contribution in [1.29, 1.82) is 0 Å². The van der Waals surface area contributed by atoms with E-state index in [1.54, 1.807) is 19.9 Å². The molecule has 12 heteroatoms. The van der Waals surface area contributed by atoms with E-state index in [1.807, 2.05) is 0 Å². The average Bonchev–Trinajstić information content (AvgIpc) is 3.22. The highest BCUT2D eigenvalue weighted by atomic mass is 32.2. The van der Waals surface area contributed by atoms with Gasteiger partial charge < -0.3 is 14.6 Å². The largest absolute Gasteiger partial charge is 0.495 e. The Balaban J connectivity index is 2.10. The first-order valence-corrected chi connectivity index (χ1v) is 11.7. The van der Waals surface area contributed by atoms with Gasteiger partial charge in [-0.1, -0.05) is 11.3 Å². The van der Waals surface area contributed by atoms with Gasteiger partial charge in [-0.05, 0) is 45.9 Å². The Hall–Kier alpha value is -2.54. The number of nitrogens with zero attached hydrogens (tertiary/aromatic N) is 3. The van der Waals surface area contributed by atoms with Gasteiger partial charge in [0.25, 0.3) is 0 Å². The van der Waals surface area contributed by atoms with E-state index in [1.165, 1.54) is 37.6 Å². The molecular formula is C19H24N4O6S2. The minimum Gasteiger partial charge on any atom is -0.495 e. The minimum atomic E-state index is -3.99. The van der Waals surface area contributed by atoms with Crippen LogP contribution in [0.4, 0.5) is 0 Å². The molecule has 0 saturated heterocycles. The number of hydrogen-bond acceptors (Lipinski definition) is 9. The van der Waals surface area contributed by atoms with E-state index in [4.69, 9.17) is 9.47 Å². The lowest BCUT2D eigenvalue weighted by molar-refractivity contribution is 0.0524. The number of aryl methyl sites for hydroxylation is 1. The molecule has 0 fully saturated rings. The number of carbonyl (C=O) groups is 1. The van der Waals surface area contributed by atoms with Crippen molar-refractivity contribution in [2.45, 2.75) is 38.2 Å². The topological polar surface area (TPSA) is 132 Å². The fourth-order valence-corrected chi connectivity index (χ4v) is 5.08. The highest BCUT2D eigenvalue weighted by Gasteiger charge is 2.26. The molecule has 0 saturated carbocycles. The van der Waals surface area contributed by atoms with Crippen molar-refractivity contribution in [2.75, 3.05) is 20.3 Å². The Bertz CT molecular complexity index is 1220. The molecule has 168 valence electrons. The van der Waals surface area contributed by atoms with Crippen molar-refractivity contribution >= 4 is 32.3 Å². The number of rotatable bonds is 8. The van der Waals surface area contributed by atoms with Crippen LogP contribution in [0.5, 0.6) is 5.75 Å². The molecule has 0 aliphatic carbocycles. The van der Waals surface area contributed by atoms with Gasteiger partial charge in [-0.3, -0.25) is 0 Å². The number of carbonyl (C=O) groups excluding carboxylic acids is 1. The number of methoxy groups -OCH3 is 1. The second-order valence-electron chi connectivity index (χ2n) is 7.37. The number of aliphatic hydroxyl groups is 1. The van der Waals surface area contributed by atoms with Gasteiger partial charge in [0, 0.05) is 12.1 Å². The van der Waals surface area contributed by atoms with Gasteiger partial charge in [-0.25, -0.2) is 27.4 Å². The van der Waals surface area contributed by atoms with Gasteiger partial charge in [0.15, 0.2) is 0 Å². The van der Waals surface area contributed by atoms with Gasteiger partial charge in [-0.2, -0.15) is 0 Å². The lowest BCUT2D eigenvalue weighted by Crippen LogP contribution is -2.38. The van der Waals surface area contributed by atoms with Gasteiger partial charge in [0.05, 0.1) is 30.7 Å². The number of fused-ring (bicyclic) bond motifs is 1. The SMILES string of the molecule is CCOC(=O)c1nn2c(-c3ccc(OC)c(S(=O)(=O)NCC(C)(C)O)c3)c(C)nc2s1. The quantitative estimate of drug-likeness (QED) is 0.480. The first kappa shape index (κ1) is 23.1. The third kappa shape index (κ3) is 4.87. The zero-order valence-corrected chi connectivity index (χ0v) is 19.4. The summed E-state index contributed by atoms with van der Waals surface area (Å²) < 4.78 is 39.9. The minimum absolute atomic E-state index is 0.0908. The second kappa shape index (κ2) is 8.54. The van der Waals surface area contributed by atoms with Crippen molar-refractivity contribution < 1.29 is 27.8 Å². The zero-order valence-electron chi connectivity index (χ0n) is 17.8. The molecule has 2 N–H and O–H groups in total. The highest BCUT2D eigenvalue weighted by molar-refractivity contribution is 7.89. The summed E-state index contributed by atoms with van der Waals surface area (Å²) in [6, 6.07) is 4.67. The molecule has 0 radical (unpaired) electrons. The van der Waals surface area contributed by atoms with Crippen LogP contribution in [0.3, 0.4) is 0 Å². The van der Waals surface area contributed by atoms with Crippen molar-refractivity contribution in [3.63, 3.8) is 0 Å². The smallest absolute Gasteiger partial charge is 0.369 e. The number of imidazole rings is 1. The summed E-state index contributed by atoms with van der Waals surface area (Å²) >= 11 is 1.09. The van der Waals surface area contributed by atoms with E-state index in [-0.39, 0.29) is 28.8 Å². The van der Waals surface area contributed by atoms with Crippen LogP contribution in [-0.4, -0.2) is 60.0 Å². The van der Waals surface area contributed by atoms with E-state index in [2.05, 4.69) is 14.8 Å². The molecule has 2 heterocycles. The molecule has 0 atom stereocenters. The summed E-state index contributed by atoms with van der Waals surface area (Å²) in [7, 11) is -2.61. The van der Waals surface area contributed by atoms with Crippen LogP contribution in [0, 0.1) is 6.92 Å². The Morgan fingerprint density at radius 1 is 1.35 bits per heavy atom. The third-order valence-corrected chi connectivity index (χ3v) is 6.56.